The predicted molar refractivity (Wildman–Crippen MR) is 110 cm³/mol. The molecule has 0 saturated carbocycles. The van der Waals surface area contributed by atoms with E-state index in [2.05, 4.69) is 12.2 Å². The fraction of sp³-hybridized carbons (Fsp3) is 0.429. The van der Waals surface area contributed by atoms with Gasteiger partial charge >= 0.3 is 0 Å². The lowest BCUT2D eigenvalue weighted by Crippen LogP contribution is -2.14. The fourth-order valence-electron chi connectivity index (χ4n) is 2.60. The molecule has 0 aliphatic carbocycles. The van der Waals surface area contributed by atoms with Crippen LogP contribution in [0.2, 0.25) is 10.0 Å². The highest BCUT2D eigenvalue weighted by atomic mass is 35.5. The minimum atomic E-state index is 0.408. The van der Waals surface area contributed by atoms with Crippen LogP contribution in [0.5, 0.6) is 11.5 Å². The summed E-state index contributed by atoms with van der Waals surface area (Å²) in [7, 11) is 0. The molecular weight excluding hydrogens is 369 g/mol. The molecule has 0 aliphatic heterocycles. The van der Waals surface area contributed by atoms with E-state index in [1.807, 2.05) is 43.3 Å². The number of unbranched alkanes of at least 4 members (excludes halogenated alkanes) is 2. The molecule has 0 aromatic heterocycles. The molecule has 26 heavy (non-hydrogen) atoms. The summed E-state index contributed by atoms with van der Waals surface area (Å²) < 4.78 is 11.7. The van der Waals surface area contributed by atoms with Gasteiger partial charge in [-0.15, -0.1) is 0 Å². The Hall–Kier alpha value is -1.42. The van der Waals surface area contributed by atoms with E-state index in [9.17, 15) is 0 Å². The number of ether oxygens (including phenoxy) is 2. The van der Waals surface area contributed by atoms with Crippen LogP contribution in [-0.2, 0) is 13.2 Å². The summed E-state index contributed by atoms with van der Waals surface area (Å²) in [5.74, 6) is 1.26. The Morgan fingerprint density at radius 3 is 2.38 bits per heavy atom. The summed E-state index contributed by atoms with van der Waals surface area (Å²) in [6, 6.07) is 11.5. The molecule has 0 bridgehead atoms. The van der Waals surface area contributed by atoms with E-state index in [0.29, 0.717) is 34.8 Å². The quantitative estimate of drug-likeness (QED) is 0.456. The third-order valence-corrected chi connectivity index (χ3v) is 4.48. The molecule has 0 heterocycles. The topological polar surface area (TPSA) is 30.5 Å². The van der Waals surface area contributed by atoms with E-state index >= 15 is 0 Å². The van der Waals surface area contributed by atoms with Gasteiger partial charge in [-0.25, -0.2) is 0 Å². The zero-order valence-electron chi connectivity index (χ0n) is 15.5. The van der Waals surface area contributed by atoms with Gasteiger partial charge in [-0.05, 0) is 55.3 Å². The van der Waals surface area contributed by atoms with Gasteiger partial charge in [0.25, 0.3) is 0 Å². The lowest BCUT2D eigenvalue weighted by molar-refractivity contribution is 0.269. The lowest BCUT2D eigenvalue weighted by Gasteiger charge is -2.16. The van der Waals surface area contributed by atoms with Gasteiger partial charge in [-0.3, -0.25) is 0 Å². The smallest absolute Gasteiger partial charge is 0.180 e. The molecule has 142 valence electrons. The van der Waals surface area contributed by atoms with Gasteiger partial charge in [0.15, 0.2) is 11.5 Å². The van der Waals surface area contributed by atoms with E-state index in [-0.39, 0.29) is 0 Å². The predicted octanol–water partition coefficient (Wildman–Crippen LogP) is 6.25. The van der Waals surface area contributed by atoms with E-state index in [1.54, 1.807) is 0 Å². The van der Waals surface area contributed by atoms with E-state index in [0.717, 1.165) is 24.2 Å². The van der Waals surface area contributed by atoms with Gasteiger partial charge in [-0.1, -0.05) is 55.1 Å². The van der Waals surface area contributed by atoms with Gasteiger partial charge < -0.3 is 14.8 Å². The molecule has 0 spiro atoms. The number of hydrogen-bond donors (Lipinski definition) is 1. The normalized spacial score (nSPS) is 10.8. The molecular formula is C21H27Cl2NO2. The van der Waals surface area contributed by atoms with Gasteiger partial charge in [0.1, 0.15) is 6.61 Å². The van der Waals surface area contributed by atoms with Crippen molar-refractivity contribution >= 4 is 23.2 Å². The van der Waals surface area contributed by atoms with Crippen molar-refractivity contribution < 1.29 is 9.47 Å². The molecule has 0 radical (unpaired) electrons. The second-order valence-corrected chi connectivity index (χ2v) is 6.98. The number of hydrogen-bond acceptors (Lipinski definition) is 3. The Kier molecular flexibility index (Phi) is 9.10. The highest BCUT2D eigenvalue weighted by Crippen LogP contribution is 2.37. The molecule has 5 heteroatoms. The first kappa shape index (κ1) is 20.9. The van der Waals surface area contributed by atoms with Crippen molar-refractivity contribution in [3.63, 3.8) is 0 Å². The summed E-state index contributed by atoms with van der Waals surface area (Å²) in [5.41, 5.74) is 2.11. The first-order valence-electron chi connectivity index (χ1n) is 9.17. The molecule has 3 nitrogen and oxygen atoms in total. The molecule has 0 saturated heterocycles. The number of nitrogens with one attached hydrogen (secondary N) is 1. The monoisotopic (exact) mass is 395 g/mol. The van der Waals surface area contributed by atoms with E-state index in [4.69, 9.17) is 32.7 Å². The molecule has 0 fully saturated rings. The van der Waals surface area contributed by atoms with Gasteiger partial charge in [0.2, 0.25) is 0 Å². The Morgan fingerprint density at radius 2 is 1.69 bits per heavy atom. The van der Waals surface area contributed by atoms with Crippen LogP contribution >= 0.6 is 23.2 Å². The van der Waals surface area contributed by atoms with Crippen molar-refractivity contribution in [2.45, 2.75) is 46.3 Å². The van der Waals surface area contributed by atoms with E-state index < -0.39 is 0 Å². The maximum absolute atomic E-state index is 6.47. The standard InChI is InChI=1S/C21H27Cl2NO2/c1-3-5-6-11-24-14-17-12-19(23)21(20(13-17)25-4-2)26-15-16-7-9-18(22)10-8-16/h7-10,12-13,24H,3-6,11,14-15H2,1-2H3. The zero-order valence-corrected chi connectivity index (χ0v) is 17.0. The van der Waals surface area contributed by atoms with Crippen molar-refractivity contribution in [1.82, 2.24) is 5.32 Å². The summed E-state index contributed by atoms with van der Waals surface area (Å²) in [6.45, 7) is 6.89. The van der Waals surface area contributed by atoms with Gasteiger partial charge in [0.05, 0.1) is 11.6 Å². The summed E-state index contributed by atoms with van der Waals surface area (Å²) in [4.78, 5) is 0. The fourth-order valence-corrected chi connectivity index (χ4v) is 3.01. The third kappa shape index (κ3) is 6.71. The Labute approximate surface area is 166 Å². The second kappa shape index (κ2) is 11.3. The molecule has 1 N–H and O–H groups in total. The first-order valence-corrected chi connectivity index (χ1v) is 9.92. The van der Waals surface area contributed by atoms with Crippen LogP contribution in [-0.4, -0.2) is 13.2 Å². The average Bonchev–Trinajstić information content (AvgIpc) is 2.62. The van der Waals surface area contributed by atoms with Crippen molar-refractivity contribution in [1.29, 1.82) is 0 Å². The van der Waals surface area contributed by atoms with Crippen molar-refractivity contribution in [2.24, 2.45) is 0 Å². The van der Waals surface area contributed by atoms with Gasteiger partial charge in [-0.2, -0.15) is 0 Å². The Balaban J connectivity index is 2.03. The Morgan fingerprint density at radius 1 is 0.923 bits per heavy atom. The van der Waals surface area contributed by atoms with Crippen molar-refractivity contribution in [3.8, 4) is 11.5 Å². The SMILES string of the molecule is CCCCCNCc1cc(Cl)c(OCc2ccc(Cl)cc2)c(OCC)c1. The molecule has 2 aromatic rings. The largest absolute Gasteiger partial charge is 0.490 e. The molecule has 2 aromatic carbocycles. The third-order valence-electron chi connectivity index (χ3n) is 3.95. The number of halogens is 2. The summed E-state index contributed by atoms with van der Waals surface area (Å²) in [6.07, 6.45) is 3.65. The summed E-state index contributed by atoms with van der Waals surface area (Å²) >= 11 is 12.4. The highest BCUT2D eigenvalue weighted by molar-refractivity contribution is 6.32. The number of benzene rings is 2. The molecule has 0 atom stereocenters. The van der Waals surface area contributed by atoms with Crippen LogP contribution in [0.15, 0.2) is 36.4 Å². The minimum Gasteiger partial charge on any atom is -0.490 e. The molecule has 0 unspecified atom stereocenters. The maximum Gasteiger partial charge on any atom is 0.180 e. The van der Waals surface area contributed by atoms with Crippen LogP contribution in [0.4, 0.5) is 0 Å². The molecule has 2 rings (SSSR count). The van der Waals surface area contributed by atoms with Crippen molar-refractivity contribution in [3.05, 3.63) is 57.6 Å². The van der Waals surface area contributed by atoms with E-state index in [1.165, 1.54) is 19.3 Å². The maximum atomic E-state index is 6.47. The van der Waals surface area contributed by atoms with Crippen LogP contribution < -0.4 is 14.8 Å². The zero-order chi connectivity index (χ0) is 18.8. The highest BCUT2D eigenvalue weighted by Gasteiger charge is 2.13. The minimum absolute atomic E-state index is 0.408. The van der Waals surface area contributed by atoms with Crippen LogP contribution in [0.3, 0.4) is 0 Å². The van der Waals surface area contributed by atoms with Gasteiger partial charge in [0, 0.05) is 11.6 Å². The second-order valence-electron chi connectivity index (χ2n) is 6.14. The van der Waals surface area contributed by atoms with Crippen molar-refractivity contribution in [2.75, 3.05) is 13.2 Å². The number of rotatable bonds is 11. The molecule has 0 aliphatic rings. The molecule has 0 amide bonds. The lowest BCUT2D eigenvalue weighted by atomic mass is 10.2. The van der Waals surface area contributed by atoms with Crippen LogP contribution in [0.1, 0.15) is 44.2 Å². The Bertz CT molecular complexity index is 674. The summed E-state index contributed by atoms with van der Waals surface area (Å²) in [5, 5.41) is 4.72. The first-order chi connectivity index (χ1) is 12.6. The van der Waals surface area contributed by atoms with Crippen LogP contribution in [0.25, 0.3) is 0 Å². The van der Waals surface area contributed by atoms with Crippen LogP contribution in [0, 0.1) is 0 Å². The average molecular weight is 396 g/mol.